The summed E-state index contributed by atoms with van der Waals surface area (Å²) in [5.74, 6) is -1.80. The molecule has 120 valence electrons. The number of hydrogen-bond acceptors (Lipinski definition) is 4. The highest BCUT2D eigenvalue weighted by Gasteiger charge is 2.42. The average Bonchev–Trinajstić information content (AvgIpc) is 2.33. The predicted octanol–water partition coefficient (Wildman–Crippen LogP) is 1.83. The van der Waals surface area contributed by atoms with E-state index in [1.54, 1.807) is 4.90 Å². The molecule has 0 aliphatic rings. The van der Waals surface area contributed by atoms with E-state index < -0.39 is 17.1 Å². The van der Waals surface area contributed by atoms with Gasteiger partial charge in [0.05, 0.1) is 18.2 Å². The standard InChI is InChI=1S/C12H23F3N2O2S/c1-3-18-7-5-17(6-8-19-4-2)9-10(11(16)20)12(13,14)15/h10H,3-9H2,1-2H3,(H2,16,20). The summed E-state index contributed by atoms with van der Waals surface area (Å²) in [6.45, 7) is 5.95. The number of alkyl halides is 3. The molecule has 0 saturated carbocycles. The monoisotopic (exact) mass is 316 g/mol. The molecule has 1 unspecified atom stereocenters. The van der Waals surface area contributed by atoms with E-state index in [0.717, 1.165) is 0 Å². The molecule has 0 heterocycles. The quantitative estimate of drug-likeness (QED) is 0.465. The second kappa shape index (κ2) is 10.3. The molecule has 0 saturated heterocycles. The van der Waals surface area contributed by atoms with Crippen molar-refractivity contribution in [3.8, 4) is 0 Å². The predicted molar refractivity (Wildman–Crippen MR) is 75.8 cm³/mol. The lowest BCUT2D eigenvalue weighted by molar-refractivity contribution is -0.160. The molecule has 0 aromatic heterocycles. The zero-order valence-corrected chi connectivity index (χ0v) is 12.7. The topological polar surface area (TPSA) is 47.7 Å². The van der Waals surface area contributed by atoms with E-state index in [1.807, 2.05) is 13.8 Å². The van der Waals surface area contributed by atoms with Gasteiger partial charge >= 0.3 is 6.18 Å². The van der Waals surface area contributed by atoms with Crippen molar-refractivity contribution in [2.45, 2.75) is 20.0 Å². The summed E-state index contributed by atoms with van der Waals surface area (Å²) in [6.07, 6.45) is -4.43. The maximum Gasteiger partial charge on any atom is 0.399 e. The highest BCUT2D eigenvalue weighted by atomic mass is 32.1. The Morgan fingerprint density at radius 3 is 1.90 bits per heavy atom. The molecule has 0 amide bonds. The van der Waals surface area contributed by atoms with Gasteiger partial charge in [0.25, 0.3) is 0 Å². The molecule has 2 N–H and O–H groups in total. The van der Waals surface area contributed by atoms with Crippen LogP contribution in [0, 0.1) is 5.92 Å². The van der Waals surface area contributed by atoms with Crippen LogP contribution in [0.4, 0.5) is 13.2 Å². The summed E-state index contributed by atoms with van der Waals surface area (Å²) in [7, 11) is 0. The fourth-order valence-corrected chi connectivity index (χ4v) is 1.79. The summed E-state index contributed by atoms with van der Waals surface area (Å²) in [4.78, 5) is 1.08. The van der Waals surface area contributed by atoms with Gasteiger partial charge in [0.2, 0.25) is 0 Å². The average molecular weight is 316 g/mol. The molecule has 0 aliphatic carbocycles. The third-order valence-electron chi connectivity index (χ3n) is 2.69. The van der Waals surface area contributed by atoms with Crippen molar-refractivity contribution in [1.82, 2.24) is 4.90 Å². The minimum Gasteiger partial charge on any atom is -0.393 e. The van der Waals surface area contributed by atoms with Crippen LogP contribution in [-0.2, 0) is 9.47 Å². The first kappa shape index (κ1) is 19.6. The maximum atomic E-state index is 12.9. The van der Waals surface area contributed by atoms with Crippen LogP contribution < -0.4 is 5.73 Å². The van der Waals surface area contributed by atoms with Crippen LogP contribution in [0.5, 0.6) is 0 Å². The highest BCUT2D eigenvalue weighted by molar-refractivity contribution is 7.80. The maximum absolute atomic E-state index is 12.9. The molecule has 0 spiro atoms. The smallest absolute Gasteiger partial charge is 0.393 e. The lowest BCUT2D eigenvalue weighted by atomic mass is 10.1. The zero-order chi connectivity index (χ0) is 15.6. The Kier molecular flexibility index (Phi) is 10.1. The van der Waals surface area contributed by atoms with Gasteiger partial charge in [-0.25, -0.2) is 0 Å². The normalized spacial score (nSPS) is 13.7. The first-order valence-corrected chi connectivity index (χ1v) is 6.97. The SMILES string of the molecule is CCOCCN(CCOCC)CC(C(N)=S)C(F)(F)F. The Balaban J connectivity index is 4.52. The lowest BCUT2D eigenvalue weighted by Gasteiger charge is -2.28. The molecule has 4 nitrogen and oxygen atoms in total. The first-order chi connectivity index (χ1) is 9.32. The molecule has 0 aromatic rings. The van der Waals surface area contributed by atoms with E-state index in [2.05, 4.69) is 12.2 Å². The summed E-state index contributed by atoms with van der Waals surface area (Å²) in [5.41, 5.74) is 5.20. The summed E-state index contributed by atoms with van der Waals surface area (Å²) in [6, 6.07) is 0. The van der Waals surface area contributed by atoms with Crippen molar-refractivity contribution in [2.24, 2.45) is 11.7 Å². The molecule has 8 heteroatoms. The first-order valence-electron chi connectivity index (χ1n) is 6.56. The third-order valence-corrected chi connectivity index (χ3v) is 2.98. The molecule has 1 atom stereocenters. The van der Waals surface area contributed by atoms with Gasteiger partial charge < -0.3 is 15.2 Å². The highest BCUT2D eigenvalue weighted by Crippen LogP contribution is 2.27. The number of thiocarbonyl (C=S) groups is 1. The van der Waals surface area contributed by atoms with Crippen molar-refractivity contribution in [1.29, 1.82) is 0 Å². The van der Waals surface area contributed by atoms with Gasteiger partial charge in [0.15, 0.2) is 0 Å². The van der Waals surface area contributed by atoms with E-state index in [1.165, 1.54) is 0 Å². The van der Waals surface area contributed by atoms with Crippen molar-refractivity contribution in [3.05, 3.63) is 0 Å². The molecule has 20 heavy (non-hydrogen) atoms. The number of hydrogen-bond donors (Lipinski definition) is 1. The van der Waals surface area contributed by atoms with Gasteiger partial charge in [0, 0.05) is 32.8 Å². The van der Waals surface area contributed by atoms with Gasteiger partial charge in [-0.3, -0.25) is 4.90 Å². The van der Waals surface area contributed by atoms with Crippen molar-refractivity contribution in [2.75, 3.05) is 46.1 Å². The van der Waals surface area contributed by atoms with Gasteiger partial charge in [-0.2, -0.15) is 13.2 Å². The van der Waals surface area contributed by atoms with Crippen LogP contribution in [0.1, 0.15) is 13.8 Å². The van der Waals surface area contributed by atoms with Crippen LogP contribution in [0.3, 0.4) is 0 Å². The van der Waals surface area contributed by atoms with Crippen molar-refractivity contribution in [3.63, 3.8) is 0 Å². The minimum absolute atomic E-state index is 0.265. The molecular formula is C12H23F3N2O2S. The third kappa shape index (κ3) is 8.68. The largest absolute Gasteiger partial charge is 0.399 e. The van der Waals surface area contributed by atoms with E-state index in [-0.39, 0.29) is 6.54 Å². The molecule has 0 aromatic carbocycles. The fraction of sp³-hybridized carbons (Fsp3) is 0.917. The van der Waals surface area contributed by atoms with Crippen LogP contribution in [0.15, 0.2) is 0 Å². The summed E-state index contributed by atoms with van der Waals surface area (Å²) < 4.78 is 48.9. The van der Waals surface area contributed by atoms with Crippen LogP contribution in [0.25, 0.3) is 0 Å². The number of rotatable bonds is 11. The van der Waals surface area contributed by atoms with Crippen molar-refractivity contribution >= 4 is 17.2 Å². The minimum atomic E-state index is -4.43. The Bertz CT molecular complexity index is 268. The second-order valence-corrected chi connectivity index (χ2v) is 4.66. The summed E-state index contributed by atoms with van der Waals surface area (Å²) in [5, 5.41) is 0. The van der Waals surface area contributed by atoms with Gasteiger partial charge in [0.1, 0.15) is 5.92 Å². The van der Waals surface area contributed by atoms with E-state index in [0.29, 0.717) is 39.5 Å². The van der Waals surface area contributed by atoms with E-state index in [4.69, 9.17) is 15.2 Å². The van der Waals surface area contributed by atoms with E-state index >= 15 is 0 Å². The Labute approximate surface area is 123 Å². The number of halogens is 3. The number of ether oxygens (including phenoxy) is 2. The summed E-state index contributed by atoms with van der Waals surface area (Å²) >= 11 is 4.52. The molecule has 0 rings (SSSR count). The van der Waals surface area contributed by atoms with E-state index in [9.17, 15) is 13.2 Å². The van der Waals surface area contributed by atoms with Crippen LogP contribution in [-0.4, -0.2) is 62.1 Å². The Morgan fingerprint density at radius 1 is 1.15 bits per heavy atom. The van der Waals surface area contributed by atoms with Gasteiger partial charge in [-0.1, -0.05) is 12.2 Å². The Hall–Kier alpha value is -0.440. The molecule has 0 radical (unpaired) electrons. The molecular weight excluding hydrogens is 293 g/mol. The van der Waals surface area contributed by atoms with Crippen molar-refractivity contribution < 1.29 is 22.6 Å². The zero-order valence-electron chi connectivity index (χ0n) is 11.9. The van der Waals surface area contributed by atoms with Gasteiger partial charge in [-0.15, -0.1) is 0 Å². The van der Waals surface area contributed by atoms with Gasteiger partial charge in [-0.05, 0) is 13.8 Å². The number of nitrogens with two attached hydrogens (primary N) is 1. The molecule has 0 bridgehead atoms. The van der Waals surface area contributed by atoms with Crippen LogP contribution >= 0.6 is 12.2 Å². The van der Waals surface area contributed by atoms with Crippen LogP contribution in [0.2, 0.25) is 0 Å². The number of nitrogens with zero attached hydrogens (tertiary/aromatic N) is 1. The fourth-order valence-electron chi connectivity index (χ4n) is 1.58. The molecule has 0 aliphatic heterocycles. The lowest BCUT2D eigenvalue weighted by Crippen LogP contribution is -2.45. The Morgan fingerprint density at radius 2 is 1.60 bits per heavy atom. The second-order valence-electron chi connectivity index (χ2n) is 4.19. The molecule has 0 fully saturated rings.